The van der Waals surface area contributed by atoms with Gasteiger partial charge >= 0.3 is 0 Å². The molecule has 0 bridgehead atoms. The average molecular weight is 521 g/mol. The second-order valence-electron chi connectivity index (χ2n) is 9.27. The van der Waals surface area contributed by atoms with Gasteiger partial charge in [0.1, 0.15) is 5.02 Å². The first-order valence-corrected chi connectivity index (χ1v) is 12.7. The number of benzene rings is 3. The molecular weight excluding hydrogens is 492 g/mol. The molecule has 0 aromatic heterocycles. The van der Waals surface area contributed by atoms with Crippen LogP contribution in [0.5, 0.6) is 0 Å². The lowest BCUT2D eigenvalue weighted by molar-refractivity contribution is -0.384. The molecule has 1 fully saturated rings. The Bertz CT molecular complexity index is 1290. The van der Waals surface area contributed by atoms with Crippen molar-refractivity contribution >= 4 is 40.5 Å². The molecule has 192 valence electrons. The number of nitro benzene ring substituents is 1. The molecule has 0 spiro atoms. The summed E-state index contributed by atoms with van der Waals surface area (Å²) in [7, 11) is 0. The minimum atomic E-state index is -0.634. The Balaban J connectivity index is 1.54. The Morgan fingerprint density at radius 1 is 1.03 bits per heavy atom. The fourth-order valence-corrected chi connectivity index (χ4v) is 4.56. The molecule has 2 N–H and O–H groups in total. The van der Waals surface area contributed by atoms with E-state index in [1.165, 1.54) is 12.1 Å². The normalized spacial score (nSPS) is 13.7. The van der Waals surface area contributed by atoms with Gasteiger partial charge in [0.25, 0.3) is 17.5 Å². The number of piperidine rings is 1. The van der Waals surface area contributed by atoms with Gasteiger partial charge < -0.3 is 15.5 Å². The van der Waals surface area contributed by atoms with E-state index < -0.39 is 10.8 Å². The summed E-state index contributed by atoms with van der Waals surface area (Å²) in [6, 6.07) is 19.1. The predicted octanol–water partition coefficient (Wildman–Crippen LogP) is 5.71. The standard InChI is InChI=1S/C28H29ClN4O4/c1-19-12-15-32(16-13-19)25-10-8-22(31-27(34)21-7-9-24(29)26(17-21)33(36)37)18-23(25)28(35)30-14-11-20-5-3-2-4-6-20/h2-10,17-19H,11-16H2,1H3,(H,30,35)(H,31,34). The highest BCUT2D eigenvalue weighted by Crippen LogP contribution is 2.30. The van der Waals surface area contributed by atoms with Crippen LogP contribution >= 0.6 is 11.6 Å². The largest absolute Gasteiger partial charge is 0.371 e. The smallest absolute Gasteiger partial charge is 0.288 e. The summed E-state index contributed by atoms with van der Waals surface area (Å²) < 4.78 is 0. The SMILES string of the molecule is CC1CCN(c2ccc(NC(=O)c3ccc(Cl)c([N+](=O)[O-])c3)cc2C(=O)NCCc2ccccc2)CC1. The molecule has 2 amide bonds. The molecule has 0 unspecified atom stereocenters. The highest BCUT2D eigenvalue weighted by atomic mass is 35.5. The zero-order valence-corrected chi connectivity index (χ0v) is 21.3. The number of nitrogens with zero attached hydrogens (tertiary/aromatic N) is 2. The fourth-order valence-electron chi connectivity index (χ4n) is 4.38. The first-order chi connectivity index (χ1) is 17.8. The lowest BCUT2D eigenvalue weighted by Gasteiger charge is -2.33. The molecule has 3 aromatic rings. The highest BCUT2D eigenvalue weighted by Gasteiger charge is 2.22. The molecule has 1 saturated heterocycles. The van der Waals surface area contributed by atoms with Gasteiger partial charge in [-0.2, -0.15) is 0 Å². The Kier molecular flexibility index (Phi) is 8.40. The number of hydrogen-bond donors (Lipinski definition) is 2. The number of carbonyl (C=O) groups is 2. The fraction of sp³-hybridized carbons (Fsp3) is 0.286. The van der Waals surface area contributed by atoms with Gasteiger partial charge in [-0.1, -0.05) is 48.9 Å². The van der Waals surface area contributed by atoms with Gasteiger partial charge in [-0.15, -0.1) is 0 Å². The lowest BCUT2D eigenvalue weighted by atomic mass is 9.97. The van der Waals surface area contributed by atoms with Gasteiger partial charge in [0, 0.05) is 42.6 Å². The molecule has 0 aliphatic carbocycles. The molecule has 9 heteroatoms. The topological polar surface area (TPSA) is 105 Å². The predicted molar refractivity (Wildman–Crippen MR) is 146 cm³/mol. The van der Waals surface area contributed by atoms with Crippen molar-refractivity contribution in [3.8, 4) is 0 Å². The van der Waals surface area contributed by atoms with Gasteiger partial charge in [0.05, 0.1) is 10.5 Å². The molecule has 1 aliphatic heterocycles. The third kappa shape index (κ3) is 6.65. The van der Waals surface area contributed by atoms with Crippen LogP contribution in [0, 0.1) is 16.0 Å². The Hall–Kier alpha value is -3.91. The number of hydrogen-bond acceptors (Lipinski definition) is 5. The van der Waals surface area contributed by atoms with E-state index in [1.807, 2.05) is 36.4 Å². The maximum absolute atomic E-state index is 13.3. The second-order valence-corrected chi connectivity index (χ2v) is 9.68. The summed E-state index contributed by atoms with van der Waals surface area (Å²) in [6.45, 7) is 4.41. The molecule has 0 atom stereocenters. The zero-order chi connectivity index (χ0) is 26.4. The van der Waals surface area contributed by atoms with Crippen molar-refractivity contribution < 1.29 is 14.5 Å². The van der Waals surface area contributed by atoms with Crippen LogP contribution < -0.4 is 15.5 Å². The van der Waals surface area contributed by atoms with Gasteiger partial charge in [0.2, 0.25) is 0 Å². The van der Waals surface area contributed by atoms with E-state index in [2.05, 4.69) is 22.5 Å². The first kappa shape index (κ1) is 26.2. The Morgan fingerprint density at radius 3 is 2.46 bits per heavy atom. The molecule has 1 heterocycles. The minimum absolute atomic E-state index is 0.0452. The second kappa shape index (κ2) is 11.9. The number of carbonyl (C=O) groups excluding carboxylic acids is 2. The summed E-state index contributed by atoms with van der Waals surface area (Å²) in [6.07, 6.45) is 2.79. The van der Waals surface area contributed by atoms with Crippen molar-refractivity contribution in [1.82, 2.24) is 5.32 Å². The number of halogens is 1. The van der Waals surface area contributed by atoms with E-state index in [4.69, 9.17) is 11.6 Å². The van der Waals surface area contributed by atoms with Crippen molar-refractivity contribution in [1.29, 1.82) is 0 Å². The monoisotopic (exact) mass is 520 g/mol. The molecule has 0 saturated carbocycles. The summed E-state index contributed by atoms with van der Waals surface area (Å²) >= 11 is 5.87. The summed E-state index contributed by atoms with van der Waals surface area (Å²) in [4.78, 5) is 38.9. The van der Waals surface area contributed by atoms with Crippen LogP contribution in [0.1, 0.15) is 46.0 Å². The first-order valence-electron chi connectivity index (χ1n) is 12.3. The molecule has 8 nitrogen and oxygen atoms in total. The average Bonchev–Trinajstić information content (AvgIpc) is 2.90. The maximum atomic E-state index is 13.3. The van der Waals surface area contributed by atoms with E-state index in [0.717, 1.165) is 43.2 Å². The van der Waals surface area contributed by atoms with Crippen molar-refractivity contribution in [3.63, 3.8) is 0 Å². The van der Waals surface area contributed by atoms with Crippen LogP contribution in [0.3, 0.4) is 0 Å². The van der Waals surface area contributed by atoms with Crippen LogP contribution in [0.25, 0.3) is 0 Å². The van der Waals surface area contributed by atoms with Crippen molar-refractivity contribution in [2.45, 2.75) is 26.2 Å². The van der Waals surface area contributed by atoms with Crippen LogP contribution in [0.4, 0.5) is 17.1 Å². The summed E-state index contributed by atoms with van der Waals surface area (Å²) in [5.74, 6) is -0.112. The molecular formula is C28H29ClN4O4. The van der Waals surface area contributed by atoms with Crippen LogP contribution in [-0.4, -0.2) is 36.4 Å². The quantitative estimate of drug-likeness (QED) is 0.292. The van der Waals surface area contributed by atoms with Gasteiger partial charge in [-0.25, -0.2) is 0 Å². The molecule has 4 rings (SSSR count). The Morgan fingerprint density at radius 2 is 1.76 bits per heavy atom. The number of amides is 2. The Labute approximate surface area is 220 Å². The van der Waals surface area contributed by atoms with Gasteiger partial charge in [0.15, 0.2) is 0 Å². The molecule has 1 aliphatic rings. The number of anilines is 2. The van der Waals surface area contributed by atoms with Gasteiger partial charge in [-0.05, 0) is 61.1 Å². The minimum Gasteiger partial charge on any atom is -0.371 e. The van der Waals surface area contributed by atoms with E-state index in [1.54, 1.807) is 12.1 Å². The van der Waals surface area contributed by atoms with E-state index in [-0.39, 0.29) is 22.2 Å². The molecule has 0 radical (unpaired) electrons. The number of nitro groups is 1. The number of rotatable bonds is 8. The van der Waals surface area contributed by atoms with Crippen LogP contribution in [0.15, 0.2) is 66.7 Å². The van der Waals surface area contributed by atoms with Crippen LogP contribution in [-0.2, 0) is 6.42 Å². The maximum Gasteiger partial charge on any atom is 0.288 e. The summed E-state index contributed by atoms with van der Waals surface area (Å²) in [5.41, 5.74) is 2.60. The van der Waals surface area contributed by atoms with E-state index in [9.17, 15) is 19.7 Å². The van der Waals surface area contributed by atoms with E-state index >= 15 is 0 Å². The summed E-state index contributed by atoms with van der Waals surface area (Å²) in [5, 5.41) is 16.9. The number of nitrogens with one attached hydrogen (secondary N) is 2. The third-order valence-corrected chi connectivity index (χ3v) is 6.89. The van der Waals surface area contributed by atoms with Crippen LogP contribution in [0.2, 0.25) is 5.02 Å². The van der Waals surface area contributed by atoms with E-state index in [0.29, 0.717) is 30.1 Å². The van der Waals surface area contributed by atoms with Gasteiger partial charge in [-0.3, -0.25) is 19.7 Å². The van der Waals surface area contributed by atoms with Crippen molar-refractivity contribution in [2.24, 2.45) is 5.92 Å². The zero-order valence-electron chi connectivity index (χ0n) is 20.6. The third-order valence-electron chi connectivity index (χ3n) is 6.57. The van der Waals surface area contributed by atoms with Crippen molar-refractivity contribution in [2.75, 3.05) is 29.9 Å². The molecule has 37 heavy (non-hydrogen) atoms. The lowest BCUT2D eigenvalue weighted by Crippen LogP contribution is -2.35. The molecule has 3 aromatic carbocycles. The van der Waals surface area contributed by atoms with Crippen molar-refractivity contribution in [3.05, 3.63) is 98.6 Å². The highest BCUT2D eigenvalue weighted by molar-refractivity contribution is 6.32.